The van der Waals surface area contributed by atoms with Crippen molar-refractivity contribution in [2.24, 2.45) is 0 Å². The summed E-state index contributed by atoms with van der Waals surface area (Å²) in [6.07, 6.45) is 0. The van der Waals surface area contributed by atoms with E-state index in [4.69, 9.17) is 11.6 Å². The molecule has 0 radical (unpaired) electrons. The Morgan fingerprint density at radius 1 is 1.00 bits per heavy atom. The average Bonchev–Trinajstić information content (AvgIpc) is 2.71. The molecular weight excluding hydrogens is 426 g/mol. The molecule has 31 heavy (non-hydrogen) atoms. The minimum absolute atomic E-state index is 0.144. The van der Waals surface area contributed by atoms with E-state index in [1.54, 1.807) is 31.2 Å². The van der Waals surface area contributed by atoms with Crippen LogP contribution < -0.4 is 10.6 Å². The first-order chi connectivity index (χ1) is 14.8. The maximum atomic E-state index is 13.9. The third-order valence-corrected chi connectivity index (χ3v) is 5.48. The Balaban J connectivity index is 1.40. The third kappa shape index (κ3) is 6.72. The first-order valence-electron chi connectivity index (χ1n) is 10.0. The lowest BCUT2D eigenvalue weighted by Gasteiger charge is -2.34. The van der Waals surface area contributed by atoms with Crippen LogP contribution in [0.3, 0.4) is 0 Å². The van der Waals surface area contributed by atoms with Crippen molar-refractivity contribution in [3.8, 4) is 0 Å². The number of anilines is 1. The van der Waals surface area contributed by atoms with Crippen LogP contribution in [0.15, 0.2) is 42.5 Å². The number of nitrogens with one attached hydrogen (secondary N) is 2. The van der Waals surface area contributed by atoms with Crippen molar-refractivity contribution in [2.75, 3.05) is 44.6 Å². The van der Waals surface area contributed by atoms with Crippen molar-refractivity contribution in [3.63, 3.8) is 0 Å². The Hall–Kier alpha value is -2.55. The monoisotopic (exact) mass is 450 g/mol. The molecule has 166 valence electrons. The molecule has 1 aliphatic rings. The fourth-order valence-electron chi connectivity index (χ4n) is 3.48. The number of hydrogen-bond acceptors (Lipinski definition) is 4. The molecule has 1 atom stereocenters. The zero-order valence-corrected chi connectivity index (χ0v) is 18.0. The van der Waals surface area contributed by atoms with Crippen molar-refractivity contribution in [1.82, 2.24) is 15.1 Å². The van der Waals surface area contributed by atoms with Gasteiger partial charge in [0.1, 0.15) is 11.6 Å². The summed E-state index contributed by atoms with van der Waals surface area (Å²) >= 11 is 6.06. The van der Waals surface area contributed by atoms with Gasteiger partial charge in [0.05, 0.1) is 29.8 Å². The van der Waals surface area contributed by atoms with Crippen molar-refractivity contribution in [1.29, 1.82) is 0 Å². The Morgan fingerprint density at radius 3 is 2.23 bits per heavy atom. The van der Waals surface area contributed by atoms with Gasteiger partial charge in [-0.05, 0) is 25.1 Å². The Morgan fingerprint density at radius 2 is 1.61 bits per heavy atom. The fraction of sp³-hybridized carbons (Fsp3) is 0.364. The van der Waals surface area contributed by atoms with Crippen molar-refractivity contribution in [2.45, 2.75) is 13.0 Å². The van der Waals surface area contributed by atoms with Crippen LogP contribution in [0.25, 0.3) is 0 Å². The number of halogens is 3. The van der Waals surface area contributed by atoms with Gasteiger partial charge in [0, 0.05) is 37.8 Å². The normalized spacial score (nSPS) is 16.0. The van der Waals surface area contributed by atoms with E-state index in [0.29, 0.717) is 36.9 Å². The van der Waals surface area contributed by atoms with Crippen molar-refractivity contribution < 1.29 is 18.4 Å². The van der Waals surface area contributed by atoms with Crippen LogP contribution in [0, 0.1) is 11.6 Å². The number of benzene rings is 2. The molecule has 1 unspecified atom stereocenters. The molecule has 1 saturated heterocycles. The Labute approximate surface area is 185 Å². The number of nitrogens with zero attached hydrogens (tertiary/aromatic N) is 2. The van der Waals surface area contributed by atoms with E-state index in [9.17, 15) is 18.4 Å². The molecule has 2 amide bonds. The molecule has 3 rings (SSSR count). The van der Waals surface area contributed by atoms with Gasteiger partial charge in [0.15, 0.2) is 0 Å². The predicted molar refractivity (Wildman–Crippen MR) is 116 cm³/mol. The molecule has 0 aromatic heterocycles. The van der Waals surface area contributed by atoms with Crippen LogP contribution in [-0.4, -0.2) is 60.9 Å². The lowest BCUT2D eigenvalue weighted by molar-refractivity contribution is -0.124. The largest absolute Gasteiger partial charge is 0.348 e. The summed E-state index contributed by atoms with van der Waals surface area (Å²) in [5.41, 5.74) is 0.820. The maximum absolute atomic E-state index is 13.9. The van der Waals surface area contributed by atoms with Crippen LogP contribution in [0.1, 0.15) is 18.5 Å². The highest BCUT2D eigenvalue weighted by Crippen LogP contribution is 2.20. The van der Waals surface area contributed by atoms with E-state index >= 15 is 0 Å². The summed E-state index contributed by atoms with van der Waals surface area (Å²) < 4.78 is 26.9. The Kier molecular flexibility index (Phi) is 7.95. The van der Waals surface area contributed by atoms with Gasteiger partial charge in [-0.25, -0.2) is 8.78 Å². The SMILES string of the molecule is CC(NC(=O)CN1CCN(CC(=O)Nc2ccccc2Cl)CC1)c1ccc(F)cc1F. The second-order valence-electron chi connectivity index (χ2n) is 7.54. The first-order valence-corrected chi connectivity index (χ1v) is 10.4. The smallest absolute Gasteiger partial charge is 0.238 e. The molecule has 9 heteroatoms. The summed E-state index contributed by atoms with van der Waals surface area (Å²) in [4.78, 5) is 28.6. The lowest BCUT2D eigenvalue weighted by Crippen LogP contribution is -2.51. The molecule has 2 aromatic carbocycles. The van der Waals surface area contributed by atoms with Crippen LogP contribution in [-0.2, 0) is 9.59 Å². The molecule has 1 heterocycles. The van der Waals surface area contributed by atoms with E-state index < -0.39 is 17.7 Å². The number of hydrogen-bond donors (Lipinski definition) is 2. The van der Waals surface area contributed by atoms with Crippen molar-refractivity contribution >= 4 is 29.1 Å². The van der Waals surface area contributed by atoms with Crippen LogP contribution in [0.5, 0.6) is 0 Å². The van der Waals surface area contributed by atoms with E-state index in [1.807, 2.05) is 9.80 Å². The molecule has 1 fully saturated rings. The Bertz CT molecular complexity index is 935. The second-order valence-corrected chi connectivity index (χ2v) is 7.94. The summed E-state index contributed by atoms with van der Waals surface area (Å²) in [6.45, 7) is 4.62. The van der Waals surface area contributed by atoms with E-state index in [0.717, 1.165) is 6.07 Å². The summed E-state index contributed by atoms with van der Waals surface area (Å²) in [7, 11) is 0. The first kappa shape index (κ1) is 23.1. The van der Waals surface area contributed by atoms with Crippen LogP contribution in [0.2, 0.25) is 5.02 Å². The third-order valence-electron chi connectivity index (χ3n) is 5.15. The number of rotatable bonds is 7. The zero-order valence-electron chi connectivity index (χ0n) is 17.2. The molecular formula is C22H25ClF2N4O2. The zero-order chi connectivity index (χ0) is 22.4. The van der Waals surface area contributed by atoms with Crippen LogP contribution in [0.4, 0.5) is 14.5 Å². The van der Waals surface area contributed by atoms with E-state index in [1.165, 1.54) is 12.1 Å². The van der Waals surface area contributed by atoms with Gasteiger partial charge < -0.3 is 10.6 Å². The standard InChI is InChI=1S/C22H25ClF2N4O2/c1-15(17-7-6-16(24)12-19(17)25)26-21(30)13-28-8-10-29(11-9-28)14-22(31)27-20-5-3-2-4-18(20)23/h2-7,12,15H,8-11,13-14H2,1H3,(H,26,30)(H,27,31). The van der Waals surface area contributed by atoms with Gasteiger partial charge in [-0.3, -0.25) is 19.4 Å². The van der Waals surface area contributed by atoms with Gasteiger partial charge in [-0.15, -0.1) is 0 Å². The maximum Gasteiger partial charge on any atom is 0.238 e. The molecule has 0 aliphatic carbocycles. The van der Waals surface area contributed by atoms with Crippen molar-refractivity contribution in [3.05, 3.63) is 64.7 Å². The molecule has 2 aromatic rings. The lowest BCUT2D eigenvalue weighted by atomic mass is 10.1. The summed E-state index contributed by atoms with van der Waals surface area (Å²) in [5, 5.41) is 6.04. The fourth-order valence-corrected chi connectivity index (χ4v) is 3.66. The highest BCUT2D eigenvalue weighted by atomic mass is 35.5. The van der Waals surface area contributed by atoms with Gasteiger partial charge >= 0.3 is 0 Å². The minimum atomic E-state index is -0.684. The predicted octanol–water partition coefficient (Wildman–Crippen LogP) is 3.05. The molecule has 6 nitrogen and oxygen atoms in total. The molecule has 0 bridgehead atoms. The van der Waals surface area contributed by atoms with Gasteiger partial charge in [-0.1, -0.05) is 29.8 Å². The van der Waals surface area contributed by atoms with Gasteiger partial charge in [0.25, 0.3) is 0 Å². The van der Waals surface area contributed by atoms with E-state index in [2.05, 4.69) is 10.6 Å². The highest BCUT2D eigenvalue weighted by molar-refractivity contribution is 6.33. The van der Waals surface area contributed by atoms with Crippen LogP contribution >= 0.6 is 11.6 Å². The van der Waals surface area contributed by atoms with E-state index in [-0.39, 0.29) is 30.5 Å². The number of piperazine rings is 1. The van der Waals surface area contributed by atoms with Gasteiger partial charge in [-0.2, -0.15) is 0 Å². The average molecular weight is 451 g/mol. The number of carbonyl (C=O) groups is 2. The summed E-state index contributed by atoms with van der Waals surface area (Å²) in [5.74, 6) is -1.72. The van der Waals surface area contributed by atoms with Gasteiger partial charge in [0.2, 0.25) is 11.8 Å². The molecule has 0 spiro atoms. The topological polar surface area (TPSA) is 64.7 Å². The second kappa shape index (κ2) is 10.7. The molecule has 1 aliphatic heterocycles. The number of carbonyl (C=O) groups excluding carboxylic acids is 2. The number of amides is 2. The molecule has 2 N–H and O–H groups in total. The minimum Gasteiger partial charge on any atom is -0.348 e. The quantitative estimate of drug-likeness (QED) is 0.680. The molecule has 0 saturated carbocycles. The summed E-state index contributed by atoms with van der Waals surface area (Å²) in [6, 6.07) is 9.80. The highest BCUT2D eigenvalue weighted by Gasteiger charge is 2.22. The number of para-hydroxylation sites is 1.